The second-order valence-electron chi connectivity index (χ2n) is 4.21. The summed E-state index contributed by atoms with van der Waals surface area (Å²) in [7, 11) is 0. The van der Waals surface area contributed by atoms with Crippen LogP contribution in [0.25, 0.3) is 0 Å². The van der Waals surface area contributed by atoms with Crippen LogP contribution in [-0.2, 0) is 6.42 Å². The summed E-state index contributed by atoms with van der Waals surface area (Å²) >= 11 is 1.85. The number of ether oxygens (including phenoxy) is 1. The number of thioether (sulfide) groups is 1. The van der Waals surface area contributed by atoms with E-state index in [4.69, 9.17) is 10.5 Å². The summed E-state index contributed by atoms with van der Waals surface area (Å²) < 4.78 is 5.65. The van der Waals surface area contributed by atoms with Crippen molar-refractivity contribution in [2.24, 2.45) is 5.73 Å². The summed E-state index contributed by atoms with van der Waals surface area (Å²) in [5, 5.41) is 0. The van der Waals surface area contributed by atoms with E-state index in [1.54, 1.807) is 0 Å². The van der Waals surface area contributed by atoms with Crippen molar-refractivity contribution in [1.29, 1.82) is 0 Å². The normalized spacial score (nSPS) is 12.4. The number of benzene rings is 1. The first-order chi connectivity index (χ1) is 8.26. The Kier molecular flexibility index (Phi) is 7.13. The highest BCUT2D eigenvalue weighted by Gasteiger charge is 2.01. The van der Waals surface area contributed by atoms with Crippen molar-refractivity contribution in [3.63, 3.8) is 0 Å². The quantitative estimate of drug-likeness (QED) is 0.723. The lowest BCUT2D eigenvalue weighted by molar-refractivity contribution is 0.318. The van der Waals surface area contributed by atoms with E-state index in [-0.39, 0.29) is 6.04 Å². The molecule has 17 heavy (non-hydrogen) atoms. The van der Waals surface area contributed by atoms with Gasteiger partial charge in [0, 0.05) is 6.04 Å². The van der Waals surface area contributed by atoms with Crippen molar-refractivity contribution in [3.8, 4) is 5.75 Å². The van der Waals surface area contributed by atoms with Crippen molar-refractivity contribution < 1.29 is 4.74 Å². The molecule has 0 saturated carbocycles. The number of rotatable bonds is 8. The first kappa shape index (κ1) is 14.4. The van der Waals surface area contributed by atoms with Crippen LogP contribution < -0.4 is 10.5 Å². The van der Waals surface area contributed by atoms with Crippen LogP contribution in [-0.4, -0.2) is 24.7 Å². The van der Waals surface area contributed by atoms with Crippen LogP contribution in [0.15, 0.2) is 24.3 Å². The predicted octanol–water partition coefficient (Wildman–Crippen LogP) is 3.10. The largest absolute Gasteiger partial charge is 0.494 e. The van der Waals surface area contributed by atoms with Gasteiger partial charge >= 0.3 is 0 Å². The van der Waals surface area contributed by atoms with E-state index in [0.29, 0.717) is 0 Å². The Morgan fingerprint density at radius 2 is 2.00 bits per heavy atom. The highest BCUT2D eigenvalue weighted by Crippen LogP contribution is 2.14. The predicted molar refractivity (Wildman–Crippen MR) is 76.9 cm³/mol. The average Bonchev–Trinajstić information content (AvgIpc) is 2.36. The van der Waals surface area contributed by atoms with Crippen LogP contribution in [0.4, 0.5) is 0 Å². The van der Waals surface area contributed by atoms with Crippen molar-refractivity contribution in [2.45, 2.75) is 32.2 Å². The summed E-state index contributed by atoms with van der Waals surface area (Å²) in [4.78, 5) is 0. The molecule has 1 unspecified atom stereocenters. The van der Waals surface area contributed by atoms with Crippen LogP contribution in [0.2, 0.25) is 0 Å². The second kappa shape index (κ2) is 8.43. The molecular formula is C14H23NOS. The Labute approximate surface area is 109 Å². The van der Waals surface area contributed by atoms with E-state index in [1.807, 2.05) is 23.9 Å². The van der Waals surface area contributed by atoms with E-state index in [1.165, 1.54) is 5.56 Å². The molecule has 0 aliphatic carbocycles. The van der Waals surface area contributed by atoms with Gasteiger partial charge in [0.15, 0.2) is 0 Å². The molecule has 0 heterocycles. The van der Waals surface area contributed by atoms with Gasteiger partial charge in [-0.2, -0.15) is 11.8 Å². The topological polar surface area (TPSA) is 35.2 Å². The molecule has 0 saturated heterocycles. The molecule has 0 fully saturated rings. The smallest absolute Gasteiger partial charge is 0.119 e. The van der Waals surface area contributed by atoms with Crippen molar-refractivity contribution in [1.82, 2.24) is 0 Å². The van der Waals surface area contributed by atoms with Gasteiger partial charge in [0.1, 0.15) is 5.75 Å². The average molecular weight is 253 g/mol. The fourth-order valence-electron chi connectivity index (χ4n) is 1.56. The van der Waals surface area contributed by atoms with Crippen LogP contribution in [0.3, 0.4) is 0 Å². The first-order valence-electron chi connectivity index (χ1n) is 6.22. The van der Waals surface area contributed by atoms with Crippen LogP contribution in [0.1, 0.15) is 25.3 Å². The summed E-state index contributed by atoms with van der Waals surface area (Å²) in [5.74, 6) is 2.11. The number of nitrogens with two attached hydrogens (primary N) is 1. The van der Waals surface area contributed by atoms with Crippen LogP contribution in [0, 0.1) is 0 Å². The fourth-order valence-corrected chi connectivity index (χ4v) is 1.97. The van der Waals surface area contributed by atoms with Crippen molar-refractivity contribution >= 4 is 11.8 Å². The monoisotopic (exact) mass is 253 g/mol. The number of hydrogen-bond donors (Lipinski definition) is 1. The minimum Gasteiger partial charge on any atom is -0.494 e. The molecule has 0 radical (unpaired) electrons. The van der Waals surface area contributed by atoms with Gasteiger partial charge in [-0.15, -0.1) is 0 Å². The summed E-state index contributed by atoms with van der Waals surface area (Å²) in [6.07, 6.45) is 5.19. The van der Waals surface area contributed by atoms with Crippen LogP contribution >= 0.6 is 11.8 Å². The standard InChI is InChI=1S/C14H23NOS/c1-3-13(15)11-12-5-7-14(8-6-12)16-9-4-10-17-2/h5-8,13H,3-4,9-11,15H2,1-2H3. The van der Waals surface area contributed by atoms with Gasteiger partial charge in [-0.25, -0.2) is 0 Å². The first-order valence-corrected chi connectivity index (χ1v) is 7.62. The highest BCUT2D eigenvalue weighted by atomic mass is 32.2. The Hall–Kier alpha value is -0.670. The molecule has 0 bridgehead atoms. The van der Waals surface area contributed by atoms with Gasteiger partial charge in [0.05, 0.1) is 6.61 Å². The number of hydrogen-bond acceptors (Lipinski definition) is 3. The SMILES string of the molecule is CCC(N)Cc1ccc(OCCCSC)cc1. The fraction of sp³-hybridized carbons (Fsp3) is 0.571. The Balaban J connectivity index is 2.34. The van der Waals surface area contributed by atoms with E-state index >= 15 is 0 Å². The second-order valence-corrected chi connectivity index (χ2v) is 5.20. The van der Waals surface area contributed by atoms with E-state index in [2.05, 4.69) is 25.3 Å². The van der Waals surface area contributed by atoms with Gasteiger partial charge < -0.3 is 10.5 Å². The maximum Gasteiger partial charge on any atom is 0.119 e. The van der Waals surface area contributed by atoms with E-state index in [0.717, 1.165) is 37.4 Å². The molecule has 0 spiro atoms. The molecule has 2 N–H and O–H groups in total. The zero-order valence-electron chi connectivity index (χ0n) is 10.8. The minimum absolute atomic E-state index is 0.267. The van der Waals surface area contributed by atoms with Crippen molar-refractivity contribution in [3.05, 3.63) is 29.8 Å². The summed E-state index contributed by atoms with van der Waals surface area (Å²) in [5.41, 5.74) is 7.21. The Bertz CT molecular complexity index is 300. The van der Waals surface area contributed by atoms with E-state index in [9.17, 15) is 0 Å². The van der Waals surface area contributed by atoms with E-state index < -0.39 is 0 Å². The summed E-state index contributed by atoms with van der Waals surface area (Å²) in [6.45, 7) is 2.92. The molecule has 0 aliphatic rings. The third-order valence-electron chi connectivity index (χ3n) is 2.71. The molecule has 96 valence electrons. The Morgan fingerprint density at radius 1 is 1.29 bits per heavy atom. The molecule has 0 aliphatic heterocycles. The van der Waals surface area contributed by atoms with Gasteiger partial charge in [-0.3, -0.25) is 0 Å². The van der Waals surface area contributed by atoms with Gasteiger partial charge in [-0.05, 0) is 49.0 Å². The van der Waals surface area contributed by atoms with Gasteiger partial charge in [0.25, 0.3) is 0 Å². The molecule has 0 amide bonds. The lowest BCUT2D eigenvalue weighted by Crippen LogP contribution is -2.21. The zero-order chi connectivity index (χ0) is 12.5. The van der Waals surface area contributed by atoms with Crippen molar-refractivity contribution in [2.75, 3.05) is 18.6 Å². The third kappa shape index (κ3) is 5.99. The zero-order valence-corrected chi connectivity index (χ0v) is 11.6. The molecule has 1 rings (SSSR count). The third-order valence-corrected chi connectivity index (χ3v) is 3.40. The maximum atomic E-state index is 5.92. The Morgan fingerprint density at radius 3 is 2.59 bits per heavy atom. The molecule has 2 nitrogen and oxygen atoms in total. The lowest BCUT2D eigenvalue weighted by Gasteiger charge is -2.10. The van der Waals surface area contributed by atoms with Gasteiger partial charge in [-0.1, -0.05) is 19.1 Å². The molecule has 0 aromatic heterocycles. The minimum atomic E-state index is 0.267. The summed E-state index contributed by atoms with van der Waals surface area (Å²) in [6, 6.07) is 8.57. The highest BCUT2D eigenvalue weighted by molar-refractivity contribution is 7.98. The molecule has 3 heteroatoms. The van der Waals surface area contributed by atoms with Gasteiger partial charge in [0.2, 0.25) is 0 Å². The van der Waals surface area contributed by atoms with Crippen LogP contribution in [0.5, 0.6) is 5.75 Å². The molecular weight excluding hydrogens is 230 g/mol. The maximum absolute atomic E-state index is 5.92. The molecule has 1 aromatic carbocycles. The lowest BCUT2D eigenvalue weighted by atomic mass is 10.0. The molecule has 1 aromatic rings. The molecule has 1 atom stereocenters.